The van der Waals surface area contributed by atoms with Gasteiger partial charge in [0.15, 0.2) is 6.61 Å². The van der Waals surface area contributed by atoms with Gasteiger partial charge in [-0.1, -0.05) is 56.3 Å². The van der Waals surface area contributed by atoms with E-state index in [1.807, 2.05) is 30.3 Å². The molecule has 3 aromatic carbocycles. The fraction of sp³-hybridized carbons (Fsp3) is 0.233. The fourth-order valence-corrected chi connectivity index (χ4v) is 3.94. The number of hydrogen-bond acceptors (Lipinski definition) is 8. The quantitative estimate of drug-likeness (QED) is 0.288. The van der Waals surface area contributed by atoms with Crippen LogP contribution in [0.4, 0.5) is 0 Å². The third kappa shape index (κ3) is 6.56. The van der Waals surface area contributed by atoms with E-state index >= 15 is 0 Å². The Morgan fingerprint density at radius 3 is 2.38 bits per heavy atom. The molecule has 0 bridgehead atoms. The molecule has 1 aromatic heterocycles. The number of amides is 1. The summed E-state index contributed by atoms with van der Waals surface area (Å²) in [7, 11) is 1.55. The number of ether oxygens (including phenoxy) is 3. The molecule has 39 heavy (non-hydrogen) atoms. The van der Waals surface area contributed by atoms with Crippen LogP contribution >= 0.6 is 0 Å². The zero-order valence-corrected chi connectivity index (χ0v) is 21.8. The number of carbonyl (C=O) groups excluding carboxylic acids is 2. The van der Waals surface area contributed by atoms with E-state index in [-0.39, 0.29) is 40.6 Å². The van der Waals surface area contributed by atoms with Gasteiger partial charge in [0.05, 0.1) is 12.7 Å². The summed E-state index contributed by atoms with van der Waals surface area (Å²) in [6, 6.07) is 17.9. The van der Waals surface area contributed by atoms with Crippen molar-refractivity contribution in [1.29, 1.82) is 0 Å². The molecule has 1 heterocycles. The van der Waals surface area contributed by atoms with Crippen molar-refractivity contribution < 1.29 is 33.3 Å². The lowest BCUT2D eigenvalue weighted by atomic mass is 10.0. The number of aromatic hydroxyl groups is 1. The molecule has 1 amide bonds. The Hall–Kier alpha value is -4.79. The van der Waals surface area contributed by atoms with Crippen molar-refractivity contribution in [1.82, 2.24) is 5.32 Å². The van der Waals surface area contributed by atoms with Crippen LogP contribution in [0.25, 0.3) is 22.1 Å². The molecule has 2 N–H and O–H groups in total. The van der Waals surface area contributed by atoms with Crippen molar-refractivity contribution >= 4 is 22.8 Å². The average molecular weight is 532 g/mol. The summed E-state index contributed by atoms with van der Waals surface area (Å²) in [6.45, 7) is 3.24. The zero-order valence-electron chi connectivity index (χ0n) is 21.8. The highest BCUT2D eigenvalue weighted by Gasteiger charge is 2.26. The Morgan fingerprint density at radius 2 is 1.72 bits per heavy atom. The van der Waals surface area contributed by atoms with Crippen LogP contribution in [0.5, 0.6) is 17.2 Å². The molecular formula is C30H29NO8. The SMILES string of the molecule is COc1ccc(-c2coc3cc(OCC(=O)N[C@@H](C(=O)OCc4ccccc4)C(C)C)cc(O)c3c2=O)cc1. The molecule has 9 nitrogen and oxygen atoms in total. The zero-order chi connectivity index (χ0) is 27.9. The first-order chi connectivity index (χ1) is 18.8. The van der Waals surface area contributed by atoms with Crippen LogP contribution in [0.3, 0.4) is 0 Å². The normalized spacial score (nSPS) is 11.7. The van der Waals surface area contributed by atoms with Gasteiger partial charge in [0.1, 0.15) is 47.1 Å². The summed E-state index contributed by atoms with van der Waals surface area (Å²) in [5.41, 5.74) is 1.38. The summed E-state index contributed by atoms with van der Waals surface area (Å²) in [6.07, 6.45) is 1.30. The topological polar surface area (TPSA) is 124 Å². The molecule has 0 spiro atoms. The number of phenols is 1. The van der Waals surface area contributed by atoms with Crippen LogP contribution in [-0.4, -0.2) is 36.7 Å². The van der Waals surface area contributed by atoms with Gasteiger partial charge in [-0.3, -0.25) is 9.59 Å². The molecule has 0 unspecified atom stereocenters. The summed E-state index contributed by atoms with van der Waals surface area (Å²) in [4.78, 5) is 38.2. The molecule has 0 radical (unpaired) electrons. The van der Waals surface area contributed by atoms with Gasteiger partial charge in [0.2, 0.25) is 5.43 Å². The van der Waals surface area contributed by atoms with Crippen LogP contribution in [0.15, 0.2) is 82.2 Å². The Morgan fingerprint density at radius 1 is 1.00 bits per heavy atom. The van der Waals surface area contributed by atoms with Gasteiger partial charge in [0, 0.05) is 12.1 Å². The summed E-state index contributed by atoms with van der Waals surface area (Å²) in [5.74, 6) is -0.932. The first-order valence-corrected chi connectivity index (χ1v) is 12.3. The van der Waals surface area contributed by atoms with Crippen LogP contribution in [0.2, 0.25) is 0 Å². The average Bonchev–Trinajstić information content (AvgIpc) is 2.94. The maximum atomic E-state index is 13.1. The molecule has 1 atom stereocenters. The smallest absolute Gasteiger partial charge is 0.329 e. The second-order valence-corrected chi connectivity index (χ2v) is 9.19. The van der Waals surface area contributed by atoms with E-state index in [0.29, 0.717) is 11.3 Å². The Kier molecular flexibility index (Phi) is 8.50. The van der Waals surface area contributed by atoms with Gasteiger partial charge >= 0.3 is 5.97 Å². The molecule has 4 aromatic rings. The lowest BCUT2D eigenvalue weighted by Crippen LogP contribution is -2.46. The molecule has 0 saturated carbocycles. The molecule has 0 saturated heterocycles. The standard InChI is InChI=1S/C30H29NO8/c1-18(2)28(30(35)39-15-19-7-5-4-6-8-19)31-26(33)17-37-22-13-24(32)27-25(14-22)38-16-23(29(27)34)20-9-11-21(36-3)12-10-20/h4-14,16,18,28,32H,15,17H2,1-3H3,(H,31,33)/t28-/m1/s1. The van der Waals surface area contributed by atoms with Crippen molar-refractivity contribution in [2.24, 2.45) is 5.92 Å². The van der Waals surface area contributed by atoms with Gasteiger partial charge in [-0.2, -0.15) is 0 Å². The summed E-state index contributed by atoms with van der Waals surface area (Å²) in [5, 5.41) is 13.2. The van der Waals surface area contributed by atoms with Gasteiger partial charge in [-0.05, 0) is 29.2 Å². The van der Waals surface area contributed by atoms with E-state index in [1.54, 1.807) is 45.2 Å². The number of carbonyl (C=O) groups is 2. The molecule has 202 valence electrons. The molecule has 4 rings (SSSR count). The van der Waals surface area contributed by atoms with Gasteiger partial charge in [0.25, 0.3) is 5.91 Å². The van der Waals surface area contributed by atoms with Crippen molar-refractivity contribution in [3.8, 4) is 28.4 Å². The minimum Gasteiger partial charge on any atom is -0.507 e. The number of phenolic OH excluding ortho intramolecular Hbond substituents is 1. The fourth-order valence-electron chi connectivity index (χ4n) is 3.94. The second kappa shape index (κ2) is 12.2. The van der Waals surface area contributed by atoms with E-state index in [1.165, 1.54) is 18.4 Å². The number of rotatable bonds is 10. The monoisotopic (exact) mass is 531 g/mol. The van der Waals surface area contributed by atoms with E-state index in [9.17, 15) is 19.5 Å². The van der Waals surface area contributed by atoms with Crippen LogP contribution in [0, 0.1) is 5.92 Å². The maximum Gasteiger partial charge on any atom is 0.329 e. The molecule has 0 aliphatic heterocycles. The highest BCUT2D eigenvalue weighted by molar-refractivity contribution is 5.88. The van der Waals surface area contributed by atoms with Crippen LogP contribution in [0.1, 0.15) is 19.4 Å². The highest BCUT2D eigenvalue weighted by Crippen LogP contribution is 2.30. The van der Waals surface area contributed by atoms with E-state index in [4.69, 9.17) is 18.6 Å². The van der Waals surface area contributed by atoms with Gasteiger partial charge in [-0.25, -0.2) is 4.79 Å². The van der Waals surface area contributed by atoms with Gasteiger partial charge < -0.3 is 29.1 Å². The number of benzene rings is 3. The first kappa shape index (κ1) is 27.3. The van der Waals surface area contributed by atoms with Crippen LogP contribution in [-0.2, 0) is 20.9 Å². The lowest BCUT2D eigenvalue weighted by molar-refractivity contribution is -0.150. The first-order valence-electron chi connectivity index (χ1n) is 12.3. The Labute approximate surface area is 224 Å². The Balaban J connectivity index is 1.42. The van der Waals surface area contributed by atoms with Crippen molar-refractivity contribution in [2.75, 3.05) is 13.7 Å². The maximum absolute atomic E-state index is 13.1. The minimum atomic E-state index is -0.871. The molecule has 9 heteroatoms. The largest absolute Gasteiger partial charge is 0.507 e. The van der Waals surface area contributed by atoms with Crippen molar-refractivity contribution in [2.45, 2.75) is 26.5 Å². The van der Waals surface area contributed by atoms with E-state index < -0.39 is 30.0 Å². The predicted molar refractivity (Wildman–Crippen MR) is 145 cm³/mol. The minimum absolute atomic E-state index is 0.0128. The third-order valence-electron chi connectivity index (χ3n) is 6.06. The molecule has 0 aliphatic rings. The Bertz CT molecular complexity index is 1510. The van der Waals surface area contributed by atoms with Gasteiger partial charge in [-0.15, -0.1) is 0 Å². The number of hydrogen-bond donors (Lipinski definition) is 2. The summed E-state index contributed by atoms with van der Waals surface area (Å²) < 4.78 is 21.7. The number of esters is 1. The highest BCUT2D eigenvalue weighted by atomic mass is 16.5. The van der Waals surface area contributed by atoms with Crippen LogP contribution < -0.4 is 20.2 Å². The molecule has 0 aliphatic carbocycles. The molecule has 0 fully saturated rings. The van der Waals surface area contributed by atoms with Crippen molar-refractivity contribution in [3.05, 3.63) is 88.8 Å². The third-order valence-corrected chi connectivity index (χ3v) is 6.06. The lowest BCUT2D eigenvalue weighted by Gasteiger charge is -2.21. The van der Waals surface area contributed by atoms with Crippen molar-refractivity contribution in [3.63, 3.8) is 0 Å². The second-order valence-electron chi connectivity index (χ2n) is 9.19. The number of nitrogens with one attached hydrogen (secondary N) is 1. The number of methoxy groups -OCH3 is 1. The van der Waals surface area contributed by atoms with E-state index in [0.717, 1.165) is 5.56 Å². The predicted octanol–water partition coefficient (Wildman–Crippen LogP) is 4.44. The molecular weight excluding hydrogens is 502 g/mol. The summed E-state index contributed by atoms with van der Waals surface area (Å²) >= 11 is 0. The van der Waals surface area contributed by atoms with E-state index in [2.05, 4.69) is 5.32 Å². The number of fused-ring (bicyclic) bond motifs is 1.